The predicted molar refractivity (Wildman–Crippen MR) is 72.5 cm³/mol. The number of imide groups is 1. The highest BCUT2D eigenvalue weighted by Gasteiger charge is 2.34. The van der Waals surface area contributed by atoms with Crippen LogP contribution in [0.2, 0.25) is 0 Å². The maximum absolute atomic E-state index is 12.3. The number of hydrogen-bond acceptors (Lipinski definition) is 4. The number of hydrogen-bond donors (Lipinski definition) is 0. The molecule has 0 saturated heterocycles. The summed E-state index contributed by atoms with van der Waals surface area (Å²) in [5.41, 5.74) is 0.730. The van der Waals surface area contributed by atoms with E-state index >= 15 is 0 Å². The quantitative estimate of drug-likeness (QED) is 0.770. The Hall–Kier alpha value is -2.37. The monoisotopic (exact) mass is 276 g/mol. The molecule has 20 heavy (non-hydrogen) atoms. The smallest absolute Gasteiger partial charge is 0.414 e. The minimum Gasteiger partial charge on any atom is -0.449 e. The first-order valence-corrected chi connectivity index (χ1v) is 6.48. The van der Waals surface area contributed by atoms with Gasteiger partial charge in [0.15, 0.2) is 0 Å². The predicted octanol–water partition coefficient (Wildman–Crippen LogP) is 1.65. The molecule has 0 saturated carbocycles. The van der Waals surface area contributed by atoms with Crippen LogP contribution in [0.1, 0.15) is 24.2 Å². The molecule has 6 nitrogen and oxygen atoms in total. The third-order valence-corrected chi connectivity index (χ3v) is 3.07. The summed E-state index contributed by atoms with van der Waals surface area (Å²) in [5.74, 6) is -0.804. The van der Waals surface area contributed by atoms with Crippen LogP contribution < -0.4 is 4.90 Å². The van der Waals surface area contributed by atoms with E-state index < -0.39 is 12.0 Å². The van der Waals surface area contributed by atoms with Gasteiger partial charge in [-0.1, -0.05) is 12.1 Å². The van der Waals surface area contributed by atoms with Crippen LogP contribution in [-0.4, -0.2) is 42.5 Å². The Bertz CT molecular complexity index is 556. The topological polar surface area (TPSA) is 66.9 Å². The molecule has 2 rings (SSSR count). The van der Waals surface area contributed by atoms with E-state index in [-0.39, 0.29) is 25.6 Å². The van der Waals surface area contributed by atoms with Gasteiger partial charge in [-0.3, -0.25) is 19.4 Å². The second kappa shape index (κ2) is 5.73. The average Bonchev–Trinajstić information content (AvgIpc) is 2.55. The third-order valence-electron chi connectivity index (χ3n) is 3.07. The summed E-state index contributed by atoms with van der Waals surface area (Å²) in [5, 5.41) is 0. The van der Waals surface area contributed by atoms with Gasteiger partial charge in [0.05, 0.1) is 17.9 Å². The number of ether oxygens (including phenoxy) is 1. The van der Waals surface area contributed by atoms with Gasteiger partial charge in [-0.25, -0.2) is 4.79 Å². The summed E-state index contributed by atoms with van der Waals surface area (Å²) in [6, 6.07) is 6.65. The summed E-state index contributed by atoms with van der Waals surface area (Å²) in [6.07, 6.45) is -0.626. The fraction of sp³-hybridized carbons (Fsp3) is 0.357. The molecule has 0 spiro atoms. The Labute approximate surface area is 116 Å². The Kier molecular flexibility index (Phi) is 4.02. The number of fused-ring (bicyclic) bond motifs is 1. The lowest BCUT2D eigenvalue weighted by atomic mass is 10.1. The van der Waals surface area contributed by atoms with Gasteiger partial charge >= 0.3 is 6.09 Å². The lowest BCUT2D eigenvalue weighted by molar-refractivity contribution is -0.126. The van der Waals surface area contributed by atoms with Gasteiger partial charge in [0.2, 0.25) is 5.91 Å². The normalized spacial score (nSPS) is 14.9. The summed E-state index contributed by atoms with van der Waals surface area (Å²) >= 11 is 0. The van der Waals surface area contributed by atoms with Crippen molar-refractivity contribution >= 4 is 23.6 Å². The number of amides is 3. The van der Waals surface area contributed by atoms with E-state index in [1.165, 1.54) is 4.90 Å². The van der Waals surface area contributed by atoms with Crippen LogP contribution in [0.5, 0.6) is 0 Å². The summed E-state index contributed by atoms with van der Waals surface area (Å²) in [4.78, 5) is 38.8. The molecule has 0 aromatic heterocycles. The first-order valence-electron chi connectivity index (χ1n) is 6.48. The molecule has 0 atom stereocenters. The number of rotatable bonds is 2. The number of likely N-dealkylation sites (N-methyl/N-ethyl adjacent to an activating group) is 1. The second-order valence-corrected chi connectivity index (χ2v) is 4.25. The second-order valence-electron chi connectivity index (χ2n) is 4.25. The fourth-order valence-electron chi connectivity index (χ4n) is 2.14. The van der Waals surface area contributed by atoms with Crippen LogP contribution in [-0.2, 0) is 9.53 Å². The molecule has 3 amide bonds. The SMILES string of the molecule is CCOC(=O)N1CC(=O)N(CC)C(=O)c2ccccc21. The van der Waals surface area contributed by atoms with E-state index in [1.54, 1.807) is 38.1 Å². The van der Waals surface area contributed by atoms with Crippen molar-refractivity contribution in [2.24, 2.45) is 0 Å². The molecule has 1 aromatic rings. The molecule has 0 bridgehead atoms. The zero-order valence-corrected chi connectivity index (χ0v) is 11.5. The van der Waals surface area contributed by atoms with Gasteiger partial charge in [0.1, 0.15) is 6.54 Å². The summed E-state index contributed by atoms with van der Waals surface area (Å²) < 4.78 is 4.95. The number of carbonyl (C=O) groups excluding carboxylic acids is 3. The number of para-hydroxylation sites is 1. The highest BCUT2D eigenvalue weighted by atomic mass is 16.6. The maximum atomic E-state index is 12.3. The van der Waals surface area contributed by atoms with E-state index in [9.17, 15) is 14.4 Å². The molecule has 106 valence electrons. The van der Waals surface area contributed by atoms with E-state index in [0.29, 0.717) is 11.3 Å². The summed E-state index contributed by atoms with van der Waals surface area (Å²) in [6.45, 7) is 3.68. The van der Waals surface area contributed by atoms with Gasteiger partial charge in [-0.2, -0.15) is 0 Å². The third kappa shape index (κ3) is 2.36. The summed E-state index contributed by atoms with van der Waals surface area (Å²) in [7, 11) is 0. The van der Waals surface area contributed by atoms with Crippen LogP contribution in [0.25, 0.3) is 0 Å². The lowest BCUT2D eigenvalue weighted by Crippen LogP contribution is -2.42. The number of nitrogens with zero attached hydrogens (tertiary/aromatic N) is 2. The molecule has 0 fully saturated rings. The van der Waals surface area contributed by atoms with Crippen molar-refractivity contribution in [2.45, 2.75) is 13.8 Å². The van der Waals surface area contributed by atoms with Crippen molar-refractivity contribution in [3.63, 3.8) is 0 Å². The van der Waals surface area contributed by atoms with Crippen molar-refractivity contribution < 1.29 is 19.1 Å². The van der Waals surface area contributed by atoms with E-state index in [4.69, 9.17) is 4.74 Å². The Morgan fingerprint density at radius 3 is 2.60 bits per heavy atom. The highest BCUT2D eigenvalue weighted by molar-refractivity contribution is 6.14. The zero-order chi connectivity index (χ0) is 14.7. The molecule has 0 N–H and O–H groups in total. The molecule has 1 aliphatic rings. The van der Waals surface area contributed by atoms with Crippen molar-refractivity contribution in [1.29, 1.82) is 0 Å². The van der Waals surface area contributed by atoms with Gasteiger partial charge in [-0.15, -0.1) is 0 Å². The maximum Gasteiger partial charge on any atom is 0.414 e. The average molecular weight is 276 g/mol. The van der Waals surface area contributed by atoms with Crippen LogP contribution in [0, 0.1) is 0 Å². The molecule has 6 heteroatoms. The molecule has 1 aromatic carbocycles. The van der Waals surface area contributed by atoms with Gasteiger partial charge in [0, 0.05) is 6.54 Å². The van der Waals surface area contributed by atoms with Gasteiger partial charge < -0.3 is 4.74 Å². The number of benzene rings is 1. The minimum absolute atomic E-state index is 0.199. The standard InChI is InChI=1S/C14H16N2O4/c1-3-15-12(17)9-16(14(19)20-4-2)11-8-6-5-7-10(11)13(15)18/h5-8H,3-4,9H2,1-2H3. The van der Waals surface area contributed by atoms with Crippen molar-refractivity contribution in [2.75, 3.05) is 24.6 Å². The molecule has 0 unspecified atom stereocenters. The Balaban J connectivity index is 2.50. The van der Waals surface area contributed by atoms with Crippen LogP contribution >= 0.6 is 0 Å². The van der Waals surface area contributed by atoms with Crippen molar-refractivity contribution in [3.05, 3.63) is 29.8 Å². The first-order chi connectivity index (χ1) is 9.60. The van der Waals surface area contributed by atoms with Crippen LogP contribution in [0.15, 0.2) is 24.3 Å². The minimum atomic E-state index is -0.626. The largest absolute Gasteiger partial charge is 0.449 e. The molecule has 1 aliphatic heterocycles. The van der Waals surface area contributed by atoms with Crippen molar-refractivity contribution in [3.8, 4) is 0 Å². The molecule has 1 heterocycles. The Morgan fingerprint density at radius 1 is 1.25 bits per heavy atom. The van der Waals surface area contributed by atoms with Gasteiger partial charge in [0.25, 0.3) is 5.91 Å². The molecule has 0 aliphatic carbocycles. The van der Waals surface area contributed by atoms with E-state index in [2.05, 4.69) is 0 Å². The van der Waals surface area contributed by atoms with Crippen LogP contribution in [0.3, 0.4) is 0 Å². The number of carbonyl (C=O) groups is 3. The molecular formula is C14H16N2O4. The van der Waals surface area contributed by atoms with Crippen LogP contribution in [0.4, 0.5) is 10.5 Å². The molecule has 0 radical (unpaired) electrons. The number of anilines is 1. The Morgan fingerprint density at radius 2 is 1.95 bits per heavy atom. The zero-order valence-electron chi connectivity index (χ0n) is 11.5. The fourth-order valence-corrected chi connectivity index (χ4v) is 2.14. The van der Waals surface area contributed by atoms with E-state index in [1.807, 2.05) is 0 Å². The van der Waals surface area contributed by atoms with E-state index in [0.717, 1.165) is 4.90 Å². The highest BCUT2D eigenvalue weighted by Crippen LogP contribution is 2.25. The first kappa shape index (κ1) is 14.0. The van der Waals surface area contributed by atoms with Crippen molar-refractivity contribution in [1.82, 2.24) is 4.90 Å². The van der Waals surface area contributed by atoms with Gasteiger partial charge in [-0.05, 0) is 26.0 Å². The lowest BCUT2D eigenvalue weighted by Gasteiger charge is -2.20. The molecular weight excluding hydrogens is 260 g/mol.